The molecule has 1 unspecified atom stereocenters. The number of anilines is 2. The Kier molecular flexibility index (Phi) is 5.94. The fraction of sp³-hybridized carbons (Fsp3) is 0.333. The SMILES string of the molecule is COc1cccc(N2CCN(C(C)C(=O)Nc3ccccc3C#N)CC2)c1. The van der Waals surface area contributed by atoms with Crippen molar-refractivity contribution in [2.75, 3.05) is 43.5 Å². The molecule has 0 bridgehead atoms. The van der Waals surface area contributed by atoms with Gasteiger partial charge in [-0.25, -0.2) is 0 Å². The van der Waals surface area contributed by atoms with Crippen LogP contribution in [0.4, 0.5) is 11.4 Å². The molecule has 3 rings (SSSR count). The molecule has 1 saturated heterocycles. The Balaban J connectivity index is 1.58. The molecular weight excluding hydrogens is 340 g/mol. The van der Waals surface area contributed by atoms with Crippen molar-refractivity contribution in [3.8, 4) is 11.8 Å². The van der Waals surface area contributed by atoms with Crippen molar-refractivity contribution in [2.24, 2.45) is 0 Å². The van der Waals surface area contributed by atoms with Crippen LogP contribution < -0.4 is 15.0 Å². The van der Waals surface area contributed by atoms with Crippen molar-refractivity contribution in [2.45, 2.75) is 13.0 Å². The zero-order chi connectivity index (χ0) is 19.2. The van der Waals surface area contributed by atoms with E-state index >= 15 is 0 Å². The van der Waals surface area contributed by atoms with Gasteiger partial charge in [-0.15, -0.1) is 0 Å². The molecule has 1 atom stereocenters. The predicted octanol–water partition coefficient (Wildman–Crippen LogP) is 2.72. The Morgan fingerprint density at radius 2 is 1.89 bits per heavy atom. The predicted molar refractivity (Wildman–Crippen MR) is 106 cm³/mol. The highest BCUT2D eigenvalue weighted by Gasteiger charge is 2.26. The Labute approximate surface area is 160 Å². The van der Waals surface area contributed by atoms with E-state index in [0.29, 0.717) is 11.3 Å². The zero-order valence-corrected chi connectivity index (χ0v) is 15.7. The van der Waals surface area contributed by atoms with Gasteiger partial charge in [-0.3, -0.25) is 9.69 Å². The first-order valence-electron chi connectivity index (χ1n) is 9.05. The summed E-state index contributed by atoms with van der Waals surface area (Å²) in [5.41, 5.74) is 2.17. The lowest BCUT2D eigenvalue weighted by Crippen LogP contribution is -2.52. The highest BCUT2D eigenvalue weighted by molar-refractivity contribution is 5.95. The average Bonchev–Trinajstić information content (AvgIpc) is 2.73. The Bertz CT molecular complexity index is 838. The molecule has 0 radical (unpaired) electrons. The van der Waals surface area contributed by atoms with Crippen LogP contribution in [0.2, 0.25) is 0 Å². The molecule has 27 heavy (non-hydrogen) atoms. The zero-order valence-electron chi connectivity index (χ0n) is 15.7. The van der Waals surface area contributed by atoms with Gasteiger partial charge in [0, 0.05) is 37.9 Å². The van der Waals surface area contributed by atoms with Gasteiger partial charge in [-0.2, -0.15) is 5.26 Å². The smallest absolute Gasteiger partial charge is 0.241 e. The lowest BCUT2D eigenvalue weighted by atomic mass is 10.1. The third kappa shape index (κ3) is 4.39. The molecule has 0 saturated carbocycles. The van der Waals surface area contributed by atoms with E-state index in [1.807, 2.05) is 31.2 Å². The number of para-hydroxylation sites is 1. The maximum absolute atomic E-state index is 12.6. The third-order valence-electron chi connectivity index (χ3n) is 4.97. The van der Waals surface area contributed by atoms with Gasteiger partial charge in [0.1, 0.15) is 11.8 Å². The molecule has 140 valence electrons. The summed E-state index contributed by atoms with van der Waals surface area (Å²) in [6.07, 6.45) is 0. The first-order chi connectivity index (χ1) is 13.1. The van der Waals surface area contributed by atoms with Crippen molar-refractivity contribution in [1.82, 2.24) is 4.90 Å². The third-order valence-corrected chi connectivity index (χ3v) is 4.97. The molecule has 1 fully saturated rings. The summed E-state index contributed by atoms with van der Waals surface area (Å²) in [4.78, 5) is 17.1. The number of nitriles is 1. The van der Waals surface area contributed by atoms with E-state index in [0.717, 1.165) is 37.6 Å². The molecule has 6 heteroatoms. The minimum Gasteiger partial charge on any atom is -0.497 e. The number of nitrogens with one attached hydrogen (secondary N) is 1. The lowest BCUT2D eigenvalue weighted by molar-refractivity contribution is -0.120. The first-order valence-corrected chi connectivity index (χ1v) is 9.05. The summed E-state index contributed by atoms with van der Waals surface area (Å²) in [5, 5.41) is 12.1. The van der Waals surface area contributed by atoms with Crippen LogP contribution in [0.5, 0.6) is 5.75 Å². The summed E-state index contributed by atoms with van der Waals surface area (Å²) >= 11 is 0. The van der Waals surface area contributed by atoms with Gasteiger partial charge in [-0.05, 0) is 31.2 Å². The molecule has 0 aromatic heterocycles. The van der Waals surface area contributed by atoms with Crippen LogP contribution in [-0.2, 0) is 4.79 Å². The standard InChI is InChI=1S/C21H24N4O2/c1-16(21(26)23-20-9-4-3-6-17(20)15-22)24-10-12-25(13-11-24)18-7-5-8-19(14-18)27-2/h3-9,14,16H,10-13H2,1-2H3,(H,23,26). The molecule has 1 aliphatic rings. The van der Waals surface area contributed by atoms with E-state index < -0.39 is 0 Å². The normalized spacial score (nSPS) is 15.7. The molecule has 2 aromatic rings. The van der Waals surface area contributed by atoms with Gasteiger partial charge in [-0.1, -0.05) is 18.2 Å². The number of hydrogen-bond donors (Lipinski definition) is 1. The van der Waals surface area contributed by atoms with Crippen LogP contribution >= 0.6 is 0 Å². The van der Waals surface area contributed by atoms with E-state index in [4.69, 9.17) is 10.00 Å². The topological polar surface area (TPSA) is 68.6 Å². The molecular formula is C21H24N4O2. The average molecular weight is 364 g/mol. The van der Waals surface area contributed by atoms with Crippen LogP contribution in [0.1, 0.15) is 12.5 Å². The summed E-state index contributed by atoms with van der Waals surface area (Å²) in [6.45, 7) is 5.20. The Morgan fingerprint density at radius 3 is 2.59 bits per heavy atom. The van der Waals surface area contributed by atoms with Crippen LogP contribution in [0, 0.1) is 11.3 Å². The van der Waals surface area contributed by atoms with E-state index in [2.05, 4.69) is 27.3 Å². The number of methoxy groups -OCH3 is 1. The van der Waals surface area contributed by atoms with Gasteiger partial charge in [0.2, 0.25) is 5.91 Å². The van der Waals surface area contributed by atoms with Crippen LogP contribution in [0.15, 0.2) is 48.5 Å². The van der Waals surface area contributed by atoms with Gasteiger partial charge < -0.3 is 15.0 Å². The fourth-order valence-electron chi connectivity index (χ4n) is 3.27. The highest BCUT2D eigenvalue weighted by Crippen LogP contribution is 2.23. The van der Waals surface area contributed by atoms with Gasteiger partial charge >= 0.3 is 0 Å². The summed E-state index contributed by atoms with van der Waals surface area (Å²) in [6, 6.07) is 16.9. The van der Waals surface area contributed by atoms with Crippen LogP contribution in [-0.4, -0.2) is 50.1 Å². The summed E-state index contributed by atoms with van der Waals surface area (Å²) < 4.78 is 5.30. The number of amides is 1. The quantitative estimate of drug-likeness (QED) is 0.883. The van der Waals surface area contributed by atoms with E-state index in [-0.39, 0.29) is 11.9 Å². The molecule has 6 nitrogen and oxygen atoms in total. The molecule has 1 aliphatic heterocycles. The van der Waals surface area contributed by atoms with E-state index in [1.54, 1.807) is 25.3 Å². The number of hydrogen-bond acceptors (Lipinski definition) is 5. The molecule has 0 spiro atoms. The number of rotatable bonds is 5. The van der Waals surface area contributed by atoms with Crippen LogP contribution in [0.25, 0.3) is 0 Å². The van der Waals surface area contributed by atoms with Gasteiger partial charge in [0.25, 0.3) is 0 Å². The minimum absolute atomic E-state index is 0.0902. The number of nitrogens with zero attached hydrogens (tertiary/aromatic N) is 3. The molecule has 0 aliphatic carbocycles. The molecule has 1 N–H and O–H groups in total. The molecule has 1 heterocycles. The first kappa shape index (κ1) is 18.7. The van der Waals surface area contributed by atoms with Gasteiger partial charge in [0.15, 0.2) is 0 Å². The second-order valence-corrected chi connectivity index (χ2v) is 6.55. The van der Waals surface area contributed by atoms with Crippen molar-refractivity contribution in [1.29, 1.82) is 5.26 Å². The number of ether oxygens (including phenoxy) is 1. The Morgan fingerprint density at radius 1 is 1.15 bits per heavy atom. The summed E-state index contributed by atoms with van der Waals surface area (Å²) in [7, 11) is 1.67. The van der Waals surface area contributed by atoms with Crippen molar-refractivity contribution < 1.29 is 9.53 Å². The fourth-order valence-corrected chi connectivity index (χ4v) is 3.27. The van der Waals surface area contributed by atoms with Crippen molar-refractivity contribution >= 4 is 17.3 Å². The van der Waals surface area contributed by atoms with Gasteiger partial charge in [0.05, 0.1) is 24.4 Å². The van der Waals surface area contributed by atoms with Crippen molar-refractivity contribution in [3.05, 3.63) is 54.1 Å². The van der Waals surface area contributed by atoms with Crippen molar-refractivity contribution in [3.63, 3.8) is 0 Å². The number of carbonyl (C=O) groups excluding carboxylic acids is 1. The summed E-state index contributed by atoms with van der Waals surface area (Å²) in [5.74, 6) is 0.756. The largest absolute Gasteiger partial charge is 0.497 e. The lowest BCUT2D eigenvalue weighted by Gasteiger charge is -2.38. The number of benzene rings is 2. The molecule has 2 aromatic carbocycles. The number of piperazine rings is 1. The highest BCUT2D eigenvalue weighted by atomic mass is 16.5. The monoisotopic (exact) mass is 364 g/mol. The Hall–Kier alpha value is -3.04. The second kappa shape index (κ2) is 8.56. The minimum atomic E-state index is -0.260. The molecule has 1 amide bonds. The number of carbonyl (C=O) groups is 1. The van der Waals surface area contributed by atoms with E-state index in [9.17, 15) is 4.79 Å². The maximum atomic E-state index is 12.6. The maximum Gasteiger partial charge on any atom is 0.241 e. The van der Waals surface area contributed by atoms with Crippen LogP contribution in [0.3, 0.4) is 0 Å². The van der Waals surface area contributed by atoms with E-state index in [1.165, 1.54) is 0 Å². The second-order valence-electron chi connectivity index (χ2n) is 6.55.